The van der Waals surface area contributed by atoms with Gasteiger partial charge in [-0.25, -0.2) is 0 Å². The summed E-state index contributed by atoms with van der Waals surface area (Å²) in [5.74, 6) is 0.912. The Labute approximate surface area is 128 Å². The molecular formula is C17H28N2O2. The van der Waals surface area contributed by atoms with Gasteiger partial charge in [0.25, 0.3) is 0 Å². The van der Waals surface area contributed by atoms with Crippen LogP contribution in [0.3, 0.4) is 0 Å². The van der Waals surface area contributed by atoms with E-state index in [2.05, 4.69) is 30.9 Å². The van der Waals surface area contributed by atoms with Gasteiger partial charge in [0.2, 0.25) is 0 Å². The van der Waals surface area contributed by atoms with Gasteiger partial charge in [0.05, 0.1) is 18.3 Å². The van der Waals surface area contributed by atoms with Crippen LogP contribution in [0.5, 0.6) is 5.75 Å². The third kappa shape index (κ3) is 4.43. The molecule has 0 bridgehead atoms. The SMILES string of the molecule is CC(C)Oc1cccc(C(CN)N2CC(C)OC(C)C2)c1. The molecule has 1 aliphatic rings. The van der Waals surface area contributed by atoms with Crippen LogP contribution in [0.1, 0.15) is 39.3 Å². The topological polar surface area (TPSA) is 47.7 Å². The third-order valence-corrected chi connectivity index (χ3v) is 3.73. The number of ether oxygens (including phenoxy) is 2. The molecule has 2 rings (SSSR count). The molecule has 1 aromatic carbocycles. The van der Waals surface area contributed by atoms with Crippen molar-refractivity contribution in [1.29, 1.82) is 0 Å². The monoisotopic (exact) mass is 292 g/mol. The van der Waals surface area contributed by atoms with Gasteiger partial charge in [-0.2, -0.15) is 0 Å². The molecular weight excluding hydrogens is 264 g/mol. The van der Waals surface area contributed by atoms with Crippen LogP contribution in [0, 0.1) is 0 Å². The first kappa shape index (κ1) is 16.3. The average Bonchev–Trinajstić information content (AvgIpc) is 2.38. The summed E-state index contributed by atoms with van der Waals surface area (Å²) in [6, 6.07) is 8.51. The van der Waals surface area contributed by atoms with Crippen LogP contribution in [0.15, 0.2) is 24.3 Å². The van der Waals surface area contributed by atoms with Gasteiger partial charge in [0.1, 0.15) is 5.75 Å². The summed E-state index contributed by atoms with van der Waals surface area (Å²) in [6.45, 7) is 10.8. The highest BCUT2D eigenvalue weighted by Crippen LogP contribution is 2.27. The smallest absolute Gasteiger partial charge is 0.120 e. The summed E-state index contributed by atoms with van der Waals surface area (Å²) in [5.41, 5.74) is 7.27. The first-order chi connectivity index (χ1) is 9.99. The van der Waals surface area contributed by atoms with Gasteiger partial charge in [-0.3, -0.25) is 4.90 Å². The maximum Gasteiger partial charge on any atom is 0.120 e. The maximum absolute atomic E-state index is 6.05. The number of benzene rings is 1. The van der Waals surface area contributed by atoms with Crippen molar-refractivity contribution >= 4 is 0 Å². The van der Waals surface area contributed by atoms with Crippen molar-refractivity contribution in [3.63, 3.8) is 0 Å². The fourth-order valence-corrected chi connectivity index (χ4v) is 3.04. The molecule has 0 radical (unpaired) electrons. The Kier molecular flexibility index (Phi) is 5.62. The molecule has 2 N–H and O–H groups in total. The number of hydrogen-bond donors (Lipinski definition) is 1. The van der Waals surface area contributed by atoms with Crippen LogP contribution in [-0.2, 0) is 4.74 Å². The highest BCUT2D eigenvalue weighted by molar-refractivity contribution is 5.31. The predicted molar refractivity (Wildman–Crippen MR) is 85.6 cm³/mol. The van der Waals surface area contributed by atoms with E-state index in [1.807, 2.05) is 26.0 Å². The lowest BCUT2D eigenvalue weighted by molar-refractivity contribution is -0.0799. The van der Waals surface area contributed by atoms with E-state index in [9.17, 15) is 0 Å². The van der Waals surface area contributed by atoms with Gasteiger partial charge in [-0.05, 0) is 45.4 Å². The molecule has 0 aromatic heterocycles. The molecule has 4 nitrogen and oxygen atoms in total. The first-order valence-electron chi connectivity index (χ1n) is 7.85. The molecule has 21 heavy (non-hydrogen) atoms. The third-order valence-electron chi connectivity index (χ3n) is 3.73. The molecule has 0 aliphatic carbocycles. The Morgan fingerprint density at radius 1 is 1.29 bits per heavy atom. The van der Waals surface area contributed by atoms with Gasteiger partial charge >= 0.3 is 0 Å². The van der Waals surface area contributed by atoms with Crippen molar-refractivity contribution in [2.45, 2.75) is 52.0 Å². The zero-order valence-corrected chi connectivity index (χ0v) is 13.6. The summed E-state index contributed by atoms with van der Waals surface area (Å²) in [6.07, 6.45) is 0.677. The van der Waals surface area contributed by atoms with Crippen molar-refractivity contribution in [2.24, 2.45) is 5.73 Å². The second kappa shape index (κ2) is 7.25. The molecule has 1 aliphatic heterocycles. The quantitative estimate of drug-likeness (QED) is 0.906. The van der Waals surface area contributed by atoms with E-state index in [1.54, 1.807) is 0 Å². The second-order valence-corrected chi connectivity index (χ2v) is 6.20. The lowest BCUT2D eigenvalue weighted by Crippen LogP contribution is -2.48. The molecule has 0 amide bonds. The van der Waals surface area contributed by atoms with E-state index in [0.717, 1.165) is 18.8 Å². The van der Waals surface area contributed by atoms with Gasteiger partial charge in [0, 0.05) is 25.7 Å². The van der Waals surface area contributed by atoms with Crippen molar-refractivity contribution in [1.82, 2.24) is 4.90 Å². The van der Waals surface area contributed by atoms with Crippen LogP contribution >= 0.6 is 0 Å². The van der Waals surface area contributed by atoms with Crippen LogP contribution in [0.4, 0.5) is 0 Å². The Morgan fingerprint density at radius 2 is 1.95 bits per heavy atom. The van der Waals surface area contributed by atoms with E-state index in [-0.39, 0.29) is 24.4 Å². The molecule has 3 unspecified atom stereocenters. The molecule has 3 atom stereocenters. The molecule has 1 aromatic rings. The summed E-state index contributed by atoms with van der Waals surface area (Å²) >= 11 is 0. The zero-order valence-electron chi connectivity index (χ0n) is 13.6. The molecule has 1 fully saturated rings. The number of rotatable bonds is 5. The van der Waals surface area contributed by atoms with Crippen LogP contribution in [-0.4, -0.2) is 42.8 Å². The lowest BCUT2D eigenvalue weighted by Gasteiger charge is -2.40. The van der Waals surface area contributed by atoms with Crippen molar-refractivity contribution in [2.75, 3.05) is 19.6 Å². The second-order valence-electron chi connectivity index (χ2n) is 6.20. The molecule has 4 heteroatoms. The lowest BCUT2D eigenvalue weighted by atomic mass is 10.0. The highest BCUT2D eigenvalue weighted by atomic mass is 16.5. The molecule has 0 saturated carbocycles. The van der Waals surface area contributed by atoms with Gasteiger partial charge in [-0.15, -0.1) is 0 Å². The Morgan fingerprint density at radius 3 is 2.52 bits per heavy atom. The van der Waals surface area contributed by atoms with Gasteiger partial charge in [0.15, 0.2) is 0 Å². The minimum Gasteiger partial charge on any atom is -0.491 e. The normalized spacial score (nSPS) is 25.0. The van der Waals surface area contributed by atoms with Crippen LogP contribution < -0.4 is 10.5 Å². The van der Waals surface area contributed by atoms with Crippen molar-refractivity contribution in [3.05, 3.63) is 29.8 Å². The predicted octanol–water partition coefficient (Wildman–Crippen LogP) is 2.58. The van der Waals surface area contributed by atoms with Crippen LogP contribution in [0.2, 0.25) is 0 Å². The van der Waals surface area contributed by atoms with E-state index >= 15 is 0 Å². The van der Waals surface area contributed by atoms with E-state index < -0.39 is 0 Å². The average molecular weight is 292 g/mol. The van der Waals surface area contributed by atoms with Crippen molar-refractivity contribution in [3.8, 4) is 5.75 Å². The van der Waals surface area contributed by atoms with Gasteiger partial charge in [-0.1, -0.05) is 12.1 Å². The van der Waals surface area contributed by atoms with E-state index in [0.29, 0.717) is 6.54 Å². The van der Waals surface area contributed by atoms with Crippen LogP contribution in [0.25, 0.3) is 0 Å². The molecule has 1 saturated heterocycles. The van der Waals surface area contributed by atoms with Crippen molar-refractivity contribution < 1.29 is 9.47 Å². The van der Waals surface area contributed by atoms with E-state index in [1.165, 1.54) is 5.56 Å². The Balaban J connectivity index is 2.16. The van der Waals surface area contributed by atoms with E-state index in [4.69, 9.17) is 15.2 Å². The largest absolute Gasteiger partial charge is 0.491 e. The standard InChI is InChI=1S/C17H28N2O2/c1-12(2)20-16-7-5-6-15(8-16)17(9-18)19-10-13(3)21-14(4)11-19/h5-8,12-14,17H,9-11,18H2,1-4H3. The molecule has 118 valence electrons. The van der Waals surface area contributed by atoms with Gasteiger partial charge < -0.3 is 15.2 Å². The summed E-state index contributed by atoms with van der Waals surface area (Å²) in [4.78, 5) is 2.42. The zero-order chi connectivity index (χ0) is 15.4. The summed E-state index contributed by atoms with van der Waals surface area (Å²) in [7, 11) is 0. The minimum atomic E-state index is 0.181. The summed E-state index contributed by atoms with van der Waals surface area (Å²) in [5, 5.41) is 0. The summed E-state index contributed by atoms with van der Waals surface area (Å²) < 4.78 is 11.6. The Hall–Kier alpha value is -1.10. The highest BCUT2D eigenvalue weighted by Gasteiger charge is 2.28. The first-order valence-corrected chi connectivity index (χ1v) is 7.85. The number of nitrogens with zero attached hydrogens (tertiary/aromatic N) is 1. The fraction of sp³-hybridized carbons (Fsp3) is 0.647. The molecule has 1 heterocycles. The number of nitrogens with two attached hydrogens (primary N) is 1. The Bertz CT molecular complexity index is 440. The number of morpholine rings is 1. The minimum absolute atomic E-state index is 0.181. The molecule has 0 spiro atoms. The number of hydrogen-bond acceptors (Lipinski definition) is 4. The maximum atomic E-state index is 6.05. The fourth-order valence-electron chi connectivity index (χ4n) is 3.04.